The van der Waals surface area contributed by atoms with Crippen molar-refractivity contribution in [2.75, 3.05) is 13.2 Å². The van der Waals surface area contributed by atoms with Gasteiger partial charge in [0.1, 0.15) is 0 Å². The summed E-state index contributed by atoms with van der Waals surface area (Å²) in [5.74, 6) is -0.0327. The molecule has 0 aromatic rings. The van der Waals surface area contributed by atoms with Gasteiger partial charge in [-0.3, -0.25) is 9.59 Å². The molecule has 0 saturated heterocycles. The number of rotatable bonds is 75. The van der Waals surface area contributed by atoms with E-state index in [0.29, 0.717) is 19.4 Å². The second kappa shape index (κ2) is 75.1. The first-order valence-corrected chi connectivity index (χ1v) is 39.5. The third-order valence-corrected chi connectivity index (χ3v) is 18.8. The maximum Gasteiger partial charge on any atom is 0.305 e. The van der Waals surface area contributed by atoms with Gasteiger partial charge in [0.15, 0.2) is 0 Å². The van der Waals surface area contributed by atoms with Crippen LogP contribution in [-0.4, -0.2) is 47.4 Å². The number of aliphatic hydroxyl groups excluding tert-OH is 2. The molecule has 0 fully saturated rings. The number of allylic oxidation sites excluding steroid dienone is 1. The highest BCUT2D eigenvalue weighted by Gasteiger charge is 2.18. The van der Waals surface area contributed by atoms with Crippen LogP contribution >= 0.6 is 0 Å². The summed E-state index contributed by atoms with van der Waals surface area (Å²) < 4.78 is 5.50. The van der Waals surface area contributed by atoms with E-state index in [2.05, 4.69) is 19.2 Å². The Bertz CT molecular complexity index is 1290. The van der Waals surface area contributed by atoms with Crippen LogP contribution in [0.15, 0.2) is 12.2 Å². The topological polar surface area (TPSA) is 95.9 Å². The molecule has 0 aliphatic heterocycles. The highest BCUT2D eigenvalue weighted by atomic mass is 16.5. The van der Waals surface area contributed by atoms with Gasteiger partial charge in [0.05, 0.1) is 25.4 Å². The Balaban J connectivity index is 3.32. The van der Waals surface area contributed by atoms with Crippen molar-refractivity contribution in [3.05, 3.63) is 12.2 Å². The SMILES string of the molecule is CCCCCCCCCCCCCCCCCCCC/C=C/C(O)C(CO)NC(=O)CCCCCCCCCCCCCCCCCCCCCCCCCCCCCCCCCCCCCOC(=O)CCCCCCCCCCCCCCC. The number of ether oxygens (including phenoxy) is 1. The summed E-state index contributed by atoms with van der Waals surface area (Å²) in [4.78, 5) is 24.6. The van der Waals surface area contributed by atoms with Crippen LogP contribution in [0.5, 0.6) is 0 Å². The largest absolute Gasteiger partial charge is 0.466 e. The maximum atomic E-state index is 12.5. The molecule has 506 valence electrons. The van der Waals surface area contributed by atoms with E-state index in [0.717, 1.165) is 38.5 Å². The highest BCUT2D eigenvalue weighted by molar-refractivity contribution is 5.76. The lowest BCUT2D eigenvalue weighted by Gasteiger charge is -2.20. The molecular weight excluding hydrogens is 1040 g/mol. The smallest absolute Gasteiger partial charge is 0.305 e. The zero-order chi connectivity index (χ0) is 61.3. The van der Waals surface area contributed by atoms with Gasteiger partial charge in [0.2, 0.25) is 5.91 Å². The molecule has 0 aliphatic carbocycles. The van der Waals surface area contributed by atoms with Crippen molar-refractivity contribution in [1.29, 1.82) is 0 Å². The monoisotopic (exact) mass is 1200 g/mol. The summed E-state index contributed by atoms with van der Waals surface area (Å²) in [5, 5.41) is 23.3. The fourth-order valence-electron chi connectivity index (χ4n) is 12.8. The zero-order valence-electron chi connectivity index (χ0n) is 58.1. The van der Waals surface area contributed by atoms with Gasteiger partial charge >= 0.3 is 5.97 Å². The highest BCUT2D eigenvalue weighted by Crippen LogP contribution is 2.20. The zero-order valence-corrected chi connectivity index (χ0v) is 58.1. The number of carbonyl (C=O) groups is 2. The van der Waals surface area contributed by atoms with Crippen LogP contribution in [0, 0.1) is 0 Å². The lowest BCUT2D eigenvalue weighted by molar-refractivity contribution is -0.143. The number of aliphatic hydroxyl groups is 2. The molecule has 1 amide bonds. The quantitative estimate of drug-likeness (QED) is 0.0320. The average Bonchev–Trinajstić information content (AvgIpc) is 3.53. The Labute approximate surface area is 533 Å². The predicted octanol–water partition coefficient (Wildman–Crippen LogP) is 25.9. The molecule has 0 aromatic carbocycles. The first-order chi connectivity index (χ1) is 42.0. The average molecular weight is 1200 g/mol. The van der Waals surface area contributed by atoms with Crippen molar-refractivity contribution in [3.8, 4) is 0 Å². The third kappa shape index (κ3) is 71.6. The maximum absolute atomic E-state index is 12.5. The first kappa shape index (κ1) is 83.6. The van der Waals surface area contributed by atoms with E-state index in [1.165, 1.54) is 392 Å². The summed E-state index contributed by atoms with van der Waals surface area (Å²) in [7, 11) is 0. The molecule has 2 unspecified atom stereocenters. The molecule has 0 heterocycles. The van der Waals surface area contributed by atoms with Gasteiger partial charge in [-0.05, 0) is 32.1 Å². The van der Waals surface area contributed by atoms with Gasteiger partial charge < -0.3 is 20.3 Å². The lowest BCUT2D eigenvalue weighted by atomic mass is 10.0. The van der Waals surface area contributed by atoms with Crippen LogP contribution in [-0.2, 0) is 14.3 Å². The van der Waals surface area contributed by atoms with Crippen LogP contribution < -0.4 is 5.32 Å². The van der Waals surface area contributed by atoms with Gasteiger partial charge in [0, 0.05) is 12.8 Å². The van der Waals surface area contributed by atoms with Crippen LogP contribution in [0.4, 0.5) is 0 Å². The van der Waals surface area contributed by atoms with E-state index >= 15 is 0 Å². The van der Waals surface area contributed by atoms with Crippen molar-refractivity contribution in [1.82, 2.24) is 5.32 Å². The minimum atomic E-state index is -0.841. The van der Waals surface area contributed by atoms with E-state index in [4.69, 9.17) is 4.74 Å². The number of amides is 1. The number of hydrogen-bond acceptors (Lipinski definition) is 5. The van der Waals surface area contributed by atoms with Crippen LogP contribution in [0.3, 0.4) is 0 Å². The Kier molecular flexibility index (Phi) is 73.8. The molecule has 0 rings (SSSR count). The molecule has 0 saturated carbocycles. The molecular formula is C79H155NO5. The molecule has 2 atom stereocenters. The van der Waals surface area contributed by atoms with E-state index in [1.54, 1.807) is 6.08 Å². The fraction of sp³-hybridized carbons (Fsp3) is 0.949. The molecule has 6 heteroatoms. The number of unbranched alkanes of at least 4 members (excludes halogenated alkanes) is 64. The van der Waals surface area contributed by atoms with Crippen LogP contribution in [0.1, 0.15) is 457 Å². The molecule has 3 N–H and O–H groups in total. The predicted molar refractivity (Wildman–Crippen MR) is 375 cm³/mol. The molecule has 0 aliphatic rings. The van der Waals surface area contributed by atoms with Crippen molar-refractivity contribution < 1.29 is 24.5 Å². The Morgan fingerprint density at radius 3 is 0.800 bits per heavy atom. The van der Waals surface area contributed by atoms with Gasteiger partial charge in [-0.2, -0.15) is 0 Å². The molecule has 6 nitrogen and oxygen atoms in total. The second-order valence-electron chi connectivity index (χ2n) is 27.4. The Morgan fingerprint density at radius 2 is 0.541 bits per heavy atom. The van der Waals surface area contributed by atoms with Gasteiger partial charge in [-0.15, -0.1) is 0 Å². The second-order valence-corrected chi connectivity index (χ2v) is 27.4. The number of nitrogens with one attached hydrogen (secondary N) is 1. The van der Waals surface area contributed by atoms with Gasteiger partial charge in [0.25, 0.3) is 0 Å². The first-order valence-electron chi connectivity index (χ1n) is 39.5. The molecule has 0 radical (unpaired) electrons. The van der Waals surface area contributed by atoms with E-state index in [9.17, 15) is 19.8 Å². The van der Waals surface area contributed by atoms with E-state index in [-0.39, 0.29) is 18.5 Å². The van der Waals surface area contributed by atoms with Crippen LogP contribution in [0.25, 0.3) is 0 Å². The molecule has 85 heavy (non-hydrogen) atoms. The standard InChI is InChI=1S/C79H155NO5/c1-3-5-7-9-11-13-15-17-18-19-20-38-41-44-48-51-55-59-63-67-71-77(82)76(75-81)80-78(83)72-68-64-60-56-52-49-45-42-39-36-34-32-30-28-26-24-22-21-23-25-27-29-31-33-35-37-40-43-46-50-54-58-62-66-70-74-85-79(84)73-69-65-61-57-53-47-16-14-12-10-8-6-4-2/h67,71,76-77,81-82H,3-66,68-70,72-75H2,1-2H3,(H,80,83)/b71-67+. The minimum Gasteiger partial charge on any atom is -0.466 e. The van der Waals surface area contributed by atoms with Crippen LogP contribution in [0.2, 0.25) is 0 Å². The molecule has 0 bridgehead atoms. The summed E-state index contributed by atoms with van der Waals surface area (Å²) in [6, 6.07) is -0.624. The van der Waals surface area contributed by atoms with Gasteiger partial charge in [-0.25, -0.2) is 0 Å². The van der Waals surface area contributed by atoms with E-state index < -0.39 is 12.1 Å². The van der Waals surface area contributed by atoms with Crippen molar-refractivity contribution in [3.63, 3.8) is 0 Å². The number of hydrogen-bond donors (Lipinski definition) is 3. The summed E-state index contributed by atoms with van der Waals surface area (Å²) >= 11 is 0. The van der Waals surface area contributed by atoms with Crippen molar-refractivity contribution >= 4 is 11.9 Å². The third-order valence-electron chi connectivity index (χ3n) is 18.8. The minimum absolute atomic E-state index is 0.0250. The Morgan fingerprint density at radius 1 is 0.318 bits per heavy atom. The summed E-state index contributed by atoms with van der Waals surface area (Å²) in [5.41, 5.74) is 0. The summed E-state index contributed by atoms with van der Waals surface area (Å²) in [6.45, 7) is 4.96. The fourth-order valence-corrected chi connectivity index (χ4v) is 12.8. The Hall–Kier alpha value is -1.40. The van der Waals surface area contributed by atoms with Crippen molar-refractivity contribution in [2.24, 2.45) is 0 Å². The van der Waals surface area contributed by atoms with Crippen molar-refractivity contribution in [2.45, 2.75) is 469 Å². The summed E-state index contributed by atoms with van der Waals surface area (Å²) in [6.07, 6.45) is 94.8. The normalized spacial score (nSPS) is 12.5. The number of carbonyl (C=O) groups excluding carboxylic acids is 2. The molecule has 0 spiro atoms. The molecule has 0 aromatic heterocycles. The number of esters is 1. The van der Waals surface area contributed by atoms with E-state index in [1.807, 2.05) is 6.08 Å². The lowest BCUT2D eigenvalue weighted by Crippen LogP contribution is -2.45. The van der Waals surface area contributed by atoms with Gasteiger partial charge in [-0.1, -0.05) is 424 Å².